The minimum absolute atomic E-state index is 0.268. The molecule has 1 radical (unpaired) electrons. The molecule has 2 rings (SSSR count). The van der Waals surface area contributed by atoms with Gasteiger partial charge in [-0.3, -0.25) is 4.98 Å². The van der Waals surface area contributed by atoms with Crippen LogP contribution in [0.4, 0.5) is 4.39 Å². The third-order valence-corrected chi connectivity index (χ3v) is 3.89. The van der Waals surface area contributed by atoms with E-state index in [4.69, 9.17) is 4.65 Å². The number of rotatable bonds is 5. The molecule has 1 heterocycles. The Morgan fingerprint density at radius 3 is 2.18 bits per heavy atom. The normalized spacial score (nSPS) is 12.3. The summed E-state index contributed by atoms with van der Waals surface area (Å²) in [5.41, 5.74) is 0.723. The van der Waals surface area contributed by atoms with Crippen LogP contribution < -0.4 is 5.46 Å². The molecule has 0 fully saturated rings. The molecule has 2 aromatic rings. The average Bonchev–Trinajstić information content (AvgIpc) is 2.45. The van der Waals surface area contributed by atoms with Crippen molar-refractivity contribution in [2.75, 3.05) is 0 Å². The summed E-state index contributed by atoms with van der Waals surface area (Å²) in [6.07, 6.45) is 1.68. The number of hydrogen-bond donors (Lipinski definition) is 1. The van der Waals surface area contributed by atoms with Crippen LogP contribution in [0.3, 0.4) is 0 Å². The Labute approximate surface area is 131 Å². The number of hydrogen-bond acceptors (Lipinski definition) is 3. The summed E-state index contributed by atoms with van der Waals surface area (Å²) < 4.78 is 18.6. The van der Waals surface area contributed by atoms with Gasteiger partial charge in [-0.1, -0.05) is 6.07 Å². The van der Waals surface area contributed by atoms with E-state index in [0.717, 1.165) is 16.7 Å². The Hall–Kier alpha value is -1.72. The molecular formula is C17H20BFNO2. The van der Waals surface area contributed by atoms with Crippen molar-refractivity contribution in [2.45, 2.75) is 38.9 Å². The van der Waals surface area contributed by atoms with Crippen LogP contribution >= 0.6 is 0 Å². The van der Waals surface area contributed by atoms with Crippen molar-refractivity contribution in [3.8, 4) is 11.3 Å². The SMILES string of the molecule is CC(C)(O)C(C)(C)O[B]c1ccc(-c2ccc(F)cc2)nc1. The Kier molecular flexibility index (Phi) is 4.68. The minimum atomic E-state index is -0.967. The van der Waals surface area contributed by atoms with Crippen molar-refractivity contribution in [2.24, 2.45) is 0 Å². The predicted molar refractivity (Wildman–Crippen MR) is 86.5 cm³/mol. The lowest BCUT2D eigenvalue weighted by Crippen LogP contribution is -2.49. The molecule has 0 bridgehead atoms. The molecule has 1 N–H and O–H groups in total. The van der Waals surface area contributed by atoms with E-state index in [2.05, 4.69) is 4.98 Å². The smallest absolute Gasteiger partial charge is 0.332 e. The fraction of sp³-hybridized carbons (Fsp3) is 0.353. The highest BCUT2D eigenvalue weighted by molar-refractivity contribution is 6.46. The summed E-state index contributed by atoms with van der Waals surface area (Å²) >= 11 is 0. The van der Waals surface area contributed by atoms with Crippen molar-refractivity contribution in [3.63, 3.8) is 0 Å². The van der Waals surface area contributed by atoms with Gasteiger partial charge in [0.05, 0.1) is 16.9 Å². The van der Waals surface area contributed by atoms with Crippen molar-refractivity contribution in [1.29, 1.82) is 0 Å². The molecule has 1 aromatic heterocycles. The van der Waals surface area contributed by atoms with E-state index in [1.165, 1.54) is 12.1 Å². The van der Waals surface area contributed by atoms with Gasteiger partial charge in [-0.15, -0.1) is 0 Å². The van der Waals surface area contributed by atoms with Crippen LogP contribution in [-0.2, 0) is 4.65 Å². The van der Waals surface area contributed by atoms with E-state index in [9.17, 15) is 9.50 Å². The zero-order valence-corrected chi connectivity index (χ0v) is 13.3. The van der Waals surface area contributed by atoms with E-state index in [0.29, 0.717) is 0 Å². The highest BCUT2D eigenvalue weighted by atomic mass is 19.1. The Balaban J connectivity index is 2.05. The molecule has 0 aliphatic rings. The van der Waals surface area contributed by atoms with Crippen molar-refractivity contribution < 1.29 is 14.2 Å². The molecule has 5 heteroatoms. The molecule has 115 valence electrons. The van der Waals surface area contributed by atoms with Crippen LogP contribution in [0.25, 0.3) is 11.3 Å². The second-order valence-electron chi connectivity index (χ2n) is 6.29. The van der Waals surface area contributed by atoms with Crippen molar-refractivity contribution in [3.05, 3.63) is 48.4 Å². The lowest BCUT2D eigenvalue weighted by Gasteiger charge is -2.37. The Bertz CT molecular complexity index is 619. The summed E-state index contributed by atoms with van der Waals surface area (Å²) in [5.74, 6) is -0.268. The Morgan fingerprint density at radius 2 is 1.68 bits per heavy atom. The van der Waals surface area contributed by atoms with E-state index < -0.39 is 11.2 Å². The molecular weight excluding hydrogens is 280 g/mol. The number of pyridine rings is 1. The first-order valence-electron chi connectivity index (χ1n) is 7.14. The predicted octanol–water partition coefficient (Wildman–Crippen LogP) is 2.70. The van der Waals surface area contributed by atoms with Crippen LogP contribution in [0, 0.1) is 5.82 Å². The molecule has 0 unspecified atom stereocenters. The largest absolute Gasteiger partial charge is 0.427 e. The molecule has 0 aliphatic heterocycles. The van der Waals surface area contributed by atoms with E-state index >= 15 is 0 Å². The second-order valence-corrected chi connectivity index (χ2v) is 6.29. The maximum absolute atomic E-state index is 12.9. The third kappa shape index (κ3) is 3.93. The van der Waals surface area contributed by atoms with Crippen LogP contribution in [0.15, 0.2) is 42.6 Å². The highest BCUT2D eigenvalue weighted by Crippen LogP contribution is 2.24. The summed E-state index contributed by atoms with van der Waals surface area (Å²) in [7, 11) is 1.58. The van der Waals surface area contributed by atoms with E-state index in [1.54, 1.807) is 39.7 Å². The summed E-state index contributed by atoms with van der Waals surface area (Å²) in [6.45, 7) is 7.06. The van der Waals surface area contributed by atoms with E-state index in [1.807, 2.05) is 26.0 Å². The third-order valence-electron chi connectivity index (χ3n) is 3.89. The first kappa shape index (κ1) is 16.7. The first-order chi connectivity index (χ1) is 10.2. The molecule has 0 amide bonds. The van der Waals surface area contributed by atoms with Gasteiger partial charge in [0.2, 0.25) is 0 Å². The number of aromatic nitrogens is 1. The minimum Gasteiger partial charge on any atom is -0.427 e. The summed E-state index contributed by atoms with van der Waals surface area (Å²) in [6, 6.07) is 9.91. The topological polar surface area (TPSA) is 42.4 Å². The maximum atomic E-state index is 12.9. The molecule has 22 heavy (non-hydrogen) atoms. The maximum Gasteiger partial charge on any atom is 0.332 e. The van der Waals surface area contributed by atoms with Crippen LogP contribution in [0.2, 0.25) is 0 Å². The van der Waals surface area contributed by atoms with Gasteiger partial charge in [0.1, 0.15) is 5.82 Å². The van der Waals surface area contributed by atoms with Gasteiger partial charge >= 0.3 is 7.48 Å². The number of halogens is 1. The van der Waals surface area contributed by atoms with Crippen LogP contribution in [-0.4, -0.2) is 28.8 Å². The number of nitrogens with zero attached hydrogens (tertiary/aromatic N) is 1. The van der Waals surface area contributed by atoms with Gasteiger partial charge in [-0.2, -0.15) is 0 Å². The second kappa shape index (κ2) is 6.19. The molecule has 0 aliphatic carbocycles. The number of benzene rings is 1. The number of aliphatic hydroxyl groups is 1. The molecule has 0 saturated carbocycles. The van der Waals surface area contributed by atoms with Crippen molar-refractivity contribution >= 4 is 12.9 Å². The van der Waals surface area contributed by atoms with Gasteiger partial charge in [-0.25, -0.2) is 4.39 Å². The fourth-order valence-electron chi connectivity index (χ4n) is 1.63. The summed E-state index contributed by atoms with van der Waals surface area (Å²) in [5, 5.41) is 10.0. The molecule has 0 spiro atoms. The molecule has 0 saturated heterocycles. The van der Waals surface area contributed by atoms with Crippen molar-refractivity contribution in [1.82, 2.24) is 4.98 Å². The zero-order chi connectivity index (χ0) is 16.4. The molecule has 1 aromatic carbocycles. The zero-order valence-electron chi connectivity index (χ0n) is 13.3. The highest BCUT2D eigenvalue weighted by Gasteiger charge is 2.35. The van der Waals surface area contributed by atoms with E-state index in [-0.39, 0.29) is 5.82 Å². The lowest BCUT2D eigenvalue weighted by molar-refractivity contribution is -0.0893. The van der Waals surface area contributed by atoms with Gasteiger partial charge < -0.3 is 9.76 Å². The van der Waals surface area contributed by atoms with Gasteiger partial charge in [0.15, 0.2) is 0 Å². The van der Waals surface area contributed by atoms with Gasteiger partial charge in [0, 0.05) is 11.8 Å². The van der Waals surface area contributed by atoms with Crippen LogP contribution in [0.1, 0.15) is 27.7 Å². The molecule has 3 nitrogen and oxygen atoms in total. The molecule has 0 atom stereocenters. The summed E-state index contributed by atoms with van der Waals surface area (Å²) in [4.78, 5) is 4.35. The standard InChI is InChI=1S/C17H20BFNO2/c1-16(2,21)17(3,4)22-18-13-7-10-15(20-11-13)12-5-8-14(19)9-6-12/h5-11,21H,1-4H3. The van der Waals surface area contributed by atoms with Gasteiger partial charge in [-0.05, 0) is 63.5 Å². The average molecular weight is 300 g/mol. The van der Waals surface area contributed by atoms with Gasteiger partial charge in [0.25, 0.3) is 0 Å². The quantitative estimate of drug-likeness (QED) is 0.863. The Morgan fingerprint density at radius 1 is 1.05 bits per heavy atom. The van der Waals surface area contributed by atoms with Crippen LogP contribution in [0.5, 0.6) is 0 Å². The first-order valence-corrected chi connectivity index (χ1v) is 7.14. The lowest BCUT2D eigenvalue weighted by atomic mass is 9.83. The fourth-order valence-corrected chi connectivity index (χ4v) is 1.63. The monoisotopic (exact) mass is 300 g/mol.